The molecule has 0 saturated carbocycles. The Balaban J connectivity index is 2.63. The predicted molar refractivity (Wildman–Crippen MR) is 41.3 cm³/mol. The van der Waals surface area contributed by atoms with Crippen molar-refractivity contribution in [1.82, 2.24) is 0 Å². The third kappa shape index (κ3) is 1.60. The first kappa shape index (κ1) is 9.88. The Kier molecular flexibility index (Phi) is 3.03. The Bertz CT molecular complexity index is 150. The first-order valence-electron chi connectivity index (χ1n) is 3.88. The maximum Gasteiger partial charge on any atom is 0.186 e. The van der Waals surface area contributed by atoms with Crippen LogP contribution in [0, 0.1) is 0 Å². The van der Waals surface area contributed by atoms with Crippen LogP contribution in [0.3, 0.4) is 0 Å². The highest BCUT2D eigenvalue weighted by Gasteiger charge is 2.40. The van der Waals surface area contributed by atoms with Crippen molar-refractivity contribution in [3.05, 3.63) is 0 Å². The first-order chi connectivity index (χ1) is 5.57. The minimum Gasteiger partial charge on any atom is -0.388 e. The van der Waals surface area contributed by atoms with Crippen LogP contribution in [-0.2, 0) is 9.47 Å². The van der Waals surface area contributed by atoms with Gasteiger partial charge in [0.2, 0.25) is 0 Å². The van der Waals surface area contributed by atoms with Crippen LogP contribution in [0.1, 0.15) is 6.92 Å². The van der Waals surface area contributed by atoms with Crippen LogP contribution >= 0.6 is 0 Å². The van der Waals surface area contributed by atoms with Gasteiger partial charge in [0.15, 0.2) is 6.29 Å². The van der Waals surface area contributed by atoms with Crippen molar-refractivity contribution in [3.63, 3.8) is 0 Å². The highest BCUT2D eigenvalue weighted by Crippen LogP contribution is 2.19. The molecule has 1 aliphatic heterocycles. The fraction of sp³-hybridized carbons (Fsp3) is 1.00. The number of aliphatic hydroxyl groups is 2. The summed E-state index contributed by atoms with van der Waals surface area (Å²) in [6, 6.07) is -0.564. The first-order valence-corrected chi connectivity index (χ1v) is 3.88. The minimum absolute atomic E-state index is 0.312. The number of ether oxygens (including phenoxy) is 2. The Labute approximate surface area is 71.1 Å². The van der Waals surface area contributed by atoms with Gasteiger partial charge in [0.1, 0.15) is 12.2 Å². The van der Waals surface area contributed by atoms with Gasteiger partial charge >= 0.3 is 0 Å². The number of nitrogens with two attached hydrogens (primary N) is 1. The molecule has 1 aliphatic rings. The number of hydrogen-bond donors (Lipinski definition) is 3. The van der Waals surface area contributed by atoms with Crippen LogP contribution in [0.25, 0.3) is 0 Å². The Morgan fingerprint density at radius 2 is 1.92 bits per heavy atom. The SMILES string of the molecule is COC1OC(C)C(N)C(O)C1O. The van der Waals surface area contributed by atoms with E-state index in [-0.39, 0.29) is 6.10 Å². The van der Waals surface area contributed by atoms with E-state index in [2.05, 4.69) is 0 Å². The predicted octanol–water partition coefficient (Wildman–Crippen LogP) is -1.57. The molecule has 5 heteroatoms. The van der Waals surface area contributed by atoms with Gasteiger partial charge in [-0.2, -0.15) is 0 Å². The molecular weight excluding hydrogens is 162 g/mol. The molecule has 0 aromatic carbocycles. The maximum absolute atomic E-state index is 9.38. The fourth-order valence-electron chi connectivity index (χ4n) is 1.24. The van der Waals surface area contributed by atoms with E-state index in [4.69, 9.17) is 15.2 Å². The van der Waals surface area contributed by atoms with Crippen LogP contribution in [-0.4, -0.2) is 48.0 Å². The monoisotopic (exact) mass is 177 g/mol. The van der Waals surface area contributed by atoms with Crippen LogP contribution in [0.5, 0.6) is 0 Å². The standard InChI is InChI=1S/C7H15NO4/c1-3-4(8)5(9)6(10)7(11-2)12-3/h3-7,9-10H,8H2,1-2H3. The quantitative estimate of drug-likeness (QED) is 0.450. The zero-order valence-electron chi connectivity index (χ0n) is 7.18. The van der Waals surface area contributed by atoms with Crippen LogP contribution in [0.4, 0.5) is 0 Å². The molecule has 5 nitrogen and oxygen atoms in total. The zero-order chi connectivity index (χ0) is 9.30. The van der Waals surface area contributed by atoms with Crippen molar-refractivity contribution < 1.29 is 19.7 Å². The van der Waals surface area contributed by atoms with Crippen molar-refractivity contribution in [2.24, 2.45) is 5.73 Å². The van der Waals surface area contributed by atoms with Crippen molar-refractivity contribution >= 4 is 0 Å². The van der Waals surface area contributed by atoms with Gasteiger partial charge in [0, 0.05) is 7.11 Å². The molecule has 1 rings (SSSR count). The van der Waals surface area contributed by atoms with E-state index in [1.165, 1.54) is 7.11 Å². The highest BCUT2D eigenvalue weighted by atomic mass is 16.7. The second-order valence-corrected chi connectivity index (χ2v) is 3.00. The van der Waals surface area contributed by atoms with E-state index in [1.54, 1.807) is 6.92 Å². The number of methoxy groups -OCH3 is 1. The molecule has 0 radical (unpaired) electrons. The summed E-state index contributed by atoms with van der Waals surface area (Å²) in [5.41, 5.74) is 5.54. The van der Waals surface area contributed by atoms with Gasteiger partial charge < -0.3 is 25.4 Å². The second kappa shape index (κ2) is 3.68. The van der Waals surface area contributed by atoms with Gasteiger partial charge in [-0.05, 0) is 6.92 Å². The molecule has 12 heavy (non-hydrogen) atoms. The van der Waals surface area contributed by atoms with Crippen LogP contribution < -0.4 is 5.73 Å². The third-order valence-corrected chi connectivity index (χ3v) is 2.15. The summed E-state index contributed by atoms with van der Waals surface area (Å²) < 4.78 is 9.98. The van der Waals surface area contributed by atoms with Crippen molar-refractivity contribution in [1.29, 1.82) is 0 Å². The lowest BCUT2D eigenvalue weighted by molar-refractivity contribution is -0.260. The zero-order valence-corrected chi connectivity index (χ0v) is 7.18. The highest BCUT2D eigenvalue weighted by molar-refractivity contribution is 4.89. The summed E-state index contributed by atoms with van der Waals surface area (Å²) in [6.45, 7) is 1.73. The molecule has 0 aromatic rings. The van der Waals surface area contributed by atoms with Crippen molar-refractivity contribution in [3.8, 4) is 0 Å². The van der Waals surface area contributed by atoms with Crippen molar-refractivity contribution in [2.75, 3.05) is 7.11 Å². The molecule has 4 N–H and O–H groups in total. The van der Waals surface area contributed by atoms with Gasteiger partial charge in [-0.1, -0.05) is 0 Å². The molecule has 1 saturated heterocycles. The van der Waals surface area contributed by atoms with Crippen molar-refractivity contribution in [2.45, 2.75) is 37.6 Å². The fourth-order valence-corrected chi connectivity index (χ4v) is 1.24. The van der Waals surface area contributed by atoms with Gasteiger partial charge in [-0.25, -0.2) is 0 Å². The van der Waals surface area contributed by atoms with Gasteiger partial charge in [0.25, 0.3) is 0 Å². The number of aliphatic hydroxyl groups excluding tert-OH is 2. The molecule has 0 bridgehead atoms. The van der Waals surface area contributed by atoms with E-state index in [1.807, 2.05) is 0 Å². The topological polar surface area (TPSA) is 84.9 Å². The molecule has 0 spiro atoms. The summed E-state index contributed by atoms with van der Waals surface area (Å²) in [7, 11) is 1.41. The Hall–Kier alpha value is -0.200. The summed E-state index contributed by atoms with van der Waals surface area (Å²) in [5.74, 6) is 0. The summed E-state index contributed by atoms with van der Waals surface area (Å²) in [5, 5.41) is 18.7. The molecular formula is C7H15NO4. The molecule has 0 aliphatic carbocycles. The molecule has 0 aromatic heterocycles. The molecule has 1 fully saturated rings. The summed E-state index contributed by atoms with van der Waals surface area (Å²) >= 11 is 0. The lowest BCUT2D eigenvalue weighted by atomic mass is 9.98. The molecule has 5 unspecified atom stereocenters. The molecule has 5 atom stereocenters. The van der Waals surface area contributed by atoms with E-state index in [0.29, 0.717) is 0 Å². The normalized spacial score (nSPS) is 49.2. The lowest BCUT2D eigenvalue weighted by Crippen LogP contribution is -2.60. The smallest absolute Gasteiger partial charge is 0.186 e. The Morgan fingerprint density at radius 1 is 1.33 bits per heavy atom. The third-order valence-electron chi connectivity index (χ3n) is 2.15. The summed E-state index contributed by atoms with van der Waals surface area (Å²) in [6.07, 6.45) is -3.15. The van der Waals surface area contributed by atoms with Gasteiger partial charge in [-0.15, -0.1) is 0 Å². The summed E-state index contributed by atoms with van der Waals surface area (Å²) in [4.78, 5) is 0. The average molecular weight is 177 g/mol. The van der Waals surface area contributed by atoms with Gasteiger partial charge in [-0.3, -0.25) is 0 Å². The average Bonchev–Trinajstić information content (AvgIpc) is 2.08. The second-order valence-electron chi connectivity index (χ2n) is 3.00. The largest absolute Gasteiger partial charge is 0.388 e. The lowest BCUT2D eigenvalue weighted by Gasteiger charge is -2.39. The maximum atomic E-state index is 9.38. The Morgan fingerprint density at radius 3 is 2.42 bits per heavy atom. The molecule has 72 valence electrons. The number of hydrogen-bond acceptors (Lipinski definition) is 5. The van der Waals surface area contributed by atoms with E-state index in [0.717, 1.165) is 0 Å². The van der Waals surface area contributed by atoms with E-state index in [9.17, 15) is 10.2 Å². The van der Waals surface area contributed by atoms with E-state index >= 15 is 0 Å². The minimum atomic E-state index is -1.07. The van der Waals surface area contributed by atoms with Crippen LogP contribution in [0.2, 0.25) is 0 Å². The molecule has 0 amide bonds. The van der Waals surface area contributed by atoms with E-state index < -0.39 is 24.5 Å². The molecule has 1 heterocycles. The number of rotatable bonds is 1. The van der Waals surface area contributed by atoms with Crippen LogP contribution in [0.15, 0.2) is 0 Å². The van der Waals surface area contributed by atoms with Gasteiger partial charge in [0.05, 0.1) is 12.1 Å².